The van der Waals surface area contributed by atoms with Crippen molar-refractivity contribution in [2.45, 2.75) is 12.5 Å². The SMILES string of the molecule is COCCN1C(=O)C(=O)/C(=C(/O)c2ccc3c(c2)CCO3)C1c1c[nH]c2ccccc12. The third kappa shape index (κ3) is 3.09. The van der Waals surface area contributed by atoms with Gasteiger partial charge in [-0.2, -0.15) is 0 Å². The van der Waals surface area contributed by atoms with Crippen LogP contribution in [0.5, 0.6) is 5.75 Å². The van der Waals surface area contributed by atoms with Gasteiger partial charge in [0.15, 0.2) is 0 Å². The number of hydrogen-bond acceptors (Lipinski definition) is 5. The summed E-state index contributed by atoms with van der Waals surface area (Å²) in [4.78, 5) is 30.7. The molecule has 1 amide bonds. The molecule has 1 unspecified atom stereocenters. The zero-order valence-electron chi connectivity index (χ0n) is 17.1. The van der Waals surface area contributed by atoms with Crippen LogP contribution in [0.1, 0.15) is 22.7 Å². The third-order valence-electron chi connectivity index (χ3n) is 5.95. The maximum Gasteiger partial charge on any atom is 0.295 e. The minimum Gasteiger partial charge on any atom is -0.507 e. The van der Waals surface area contributed by atoms with Gasteiger partial charge in [0.05, 0.1) is 24.8 Å². The van der Waals surface area contributed by atoms with E-state index in [1.807, 2.05) is 30.3 Å². The van der Waals surface area contributed by atoms with Crippen LogP contribution < -0.4 is 4.74 Å². The number of amides is 1. The van der Waals surface area contributed by atoms with E-state index >= 15 is 0 Å². The van der Waals surface area contributed by atoms with Crippen LogP contribution in [-0.2, 0) is 20.7 Å². The molecule has 0 radical (unpaired) electrons. The Kier molecular flexibility index (Phi) is 4.75. The number of carbonyl (C=O) groups is 2. The van der Waals surface area contributed by atoms with Gasteiger partial charge >= 0.3 is 0 Å². The molecule has 1 aromatic heterocycles. The Balaban J connectivity index is 1.69. The quantitative estimate of drug-likeness (QED) is 0.377. The van der Waals surface area contributed by atoms with E-state index < -0.39 is 17.7 Å². The normalized spacial score (nSPS) is 19.8. The lowest BCUT2D eigenvalue weighted by atomic mass is 9.94. The summed E-state index contributed by atoms with van der Waals surface area (Å²) in [6.45, 7) is 1.11. The maximum atomic E-state index is 13.1. The minimum absolute atomic E-state index is 0.0877. The first kappa shape index (κ1) is 19.4. The number of ketones is 1. The average molecular weight is 418 g/mol. The van der Waals surface area contributed by atoms with Gasteiger partial charge in [0, 0.05) is 48.3 Å². The zero-order chi connectivity index (χ0) is 21.5. The highest BCUT2D eigenvalue weighted by Gasteiger charge is 2.46. The fourth-order valence-corrected chi connectivity index (χ4v) is 4.43. The number of carbonyl (C=O) groups excluding carboxylic acids is 2. The zero-order valence-corrected chi connectivity index (χ0v) is 17.1. The van der Waals surface area contributed by atoms with Crippen LogP contribution in [0.3, 0.4) is 0 Å². The highest BCUT2D eigenvalue weighted by Crippen LogP contribution is 2.42. The number of benzene rings is 2. The van der Waals surface area contributed by atoms with E-state index in [2.05, 4.69) is 4.98 Å². The number of likely N-dealkylation sites (tertiary alicyclic amines) is 1. The minimum atomic E-state index is -0.712. The Morgan fingerprint density at radius 2 is 2.10 bits per heavy atom. The van der Waals surface area contributed by atoms with Crippen molar-refractivity contribution < 1.29 is 24.2 Å². The smallest absolute Gasteiger partial charge is 0.295 e. The van der Waals surface area contributed by atoms with Crippen LogP contribution in [0, 0.1) is 0 Å². The van der Waals surface area contributed by atoms with E-state index in [1.54, 1.807) is 25.4 Å². The standard InChI is InChI=1S/C24H22N2O5/c1-30-11-9-26-21(17-13-25-18-5-3-2-4-16(17)18)20(23(28)24(26)29)22(27)15-6-7-19-14(12-15)8-10-31-19/h2-7,12-13,21,25,27H,8-11H2,1H3/b22-20+. The molecule has 3 heterocycles. The second-order valence-electron chi connectivity index (χ2n) is 7.70. The van der Waals surface area contributed by atoms with Gasteiger partial charge in [-0.05, 0) is 29.8 Å². The Bertz CT molecular complexity index is 1230. The fraction of sp³-hybridized carbons (Fsp3) is 0.250. The second kappa shape index (κ2) is 7.59. The summed E-state index contributed by atoms with van der Waals surface area (Å²) in [7, 11) is 1.55. The van der Waals surface area contributed by atoms with Gasteiger partial charge in [-0.1, -0.05) is 18.2 Å². The molecule has 2 N–H and O–H groups in total. The molecule has 2 aliphatic rings. The molecule has 3 aromatic rings. The van der Waals surface area contributed by atoms with Crippen molar-refractivity contribution in [1.29, 1.82) is 0 Å². The summed E-state index contributed by atoms with van der Waals surface area (Å²) in [6, 6.07) is 12.3. The predicted molar refractivity (Wildman–Crippen MR) is 115 cm³/mol. The number of aromatic nitrogens is 1. The molecule has 5 rings (SSSR count). The number of aliphatic hydroxyl groups is 1. The molecular weight excluding hydrogens is 396 g/mol. The third-order valence-corrected chi connectivity index (χ3v) is 5.95. The van der Waals surface area contributed by atoms with E-state index in [4.69, 9.17) is 9.47 Å². The summed E-state index contributed by atoms with van der Waals surface area (Å²) >= 11 is 0. The fourth-order valence-electron chi connectivity index (χ4n) is 4.43. The molecule has 31 heavy (non-hydrogen) atoms. The maximum absolute atomic E-state index is 13.1. The molecule has 7 nitrogen and oxygen atoms in total. The first-order valence-corrected chi connectivity index (χ1v) is 10.2. The van der Waals surface area contributed by atoms with Gasteiger partial charge in [0.1, 0.15) is 11.5 Å². The van der Waals surface area contributed by atoms with Gasteiger partial charge in [0.2, 0.25) is 0 Å². The number of aromatic amines is 1. The molecule has 0 aliphatic carbocycles. The summed E-state index contributed by atoms with van der Waals surface area (Å²) in [6.07, 6.45) is 2.54. The summed E-state index contributed by atoms with van der Waals surface area (Å²) in [5, 5.41) is 12.1. The Morgan fingerprint density at radius 3 is 2.94 bits per heavy atom. The molecule has 2 aromatic carbocycles. The van der Waals surface area contributed by atoms with Crippen molar-refractivity contribution in [3.63, 3.8) is 0 Å². The van der Waals surface area contributed by atoms with E-state index in [0.29, 0.717) is 12.2 Å². The molecule has 0 spiro atoms. The van der Waals surface area contributed by atoms with E-state index in [0.717, 1.165) is 34.2 Å². The molecule has 1 atom stereocenters. The first-order valence-electron chi connectivity index (χ1n) is 10.2. The second-order valence-corrected chi connectivity index (χ2v) is 7.70. The Hall–Kier alpha value is -3.58. The number of ether oxygens (including phenoxy) is 2. The molecule has 1 saturated heterocycles. The monoisotopic (exact) mass is 418 g/mol. The lowest BCUT2D eigenvalue weighted by Gasteiger charge is -2.24. The first-order chi connectivity index (χ1) is 15.1. The van der Waals surface area contributed by atoms with Crippen LogP contribution in [0.2, 0.25) is 0 Å². The molecule has 1 fully saturated rings. The molecule has 0 bridgehead atoms. The number of aliphatic hydroxyl groups excluding tert-OH is 1. The highest BCUT2D eigenvalue weighted by molar-refractivity contribution is 6.46. The van der Waals surface area contributed by atoms with E-state index in [1.165, 1.54) is 4.90 Å². The number of H-pyrrole nitrogens is 1. The number of rotatable bonds is 5. The van der Waals surface area contributed by atoms with Gasteiger partial charge < -0.3 is 24.5 Å². The van der Waals surface area contributed by atoms with Gasteiger partial charge in [0.25, 0.3) is 11.7 Å². The molecule has 7 heteroatoms. The number of nitrogens with zero attached hydrogens (tertiary/aromatic N) is 1. The topological polar surface area (TPSA) is 91.9 Å². The largest absolute Gasteiger partial charge is 0.507 e. The number of para-hydroxylation sites is 1. The van der Waals surface area contributed by atoms with Crippen LogP contribution in [0.25, 0.3) is 16.7 Å². The van der Waals surface area contributed by atoms with E-state index in [9.17, 15) is 14.7 Å². The van der Waals surface area contributed by atoms with Gasteiger partial charge in [-0.15, -0.1) is 0 Å². The van der Waals surface area contributed by atoms with Crippen molar-refractivity contribution in [2.24, 2.45) is 0 Å². The number of Topliss-reactive ketones (excluding diaryl/α,β-unsaturated/α-hetero) is 1. The molecule has 0 saturated carbocycles. The number of nitrogens with one attached hydrogen (secondary N) is 1. The van der Waals surface area contributed by atoms with Crippen molar-refractivity contribution in [1.82, 2.24) is 9.88 Å². The Morgan fingerprint density at radius 1 is 1.26 bits per heavy atom. The Labute approximate surface area is 178 Å². The lowest BCUT2D eigenvalue weighted by molar-refractivity contribution is -0.140. The van der Waals surface area contributed by atoms with Crippen molar-refractivity contribution in [3.05, 3.63) is 70.9 Å². The van der Waals surface area contributed by atoms with Crippen molar-refractivity contribution in [3.8, 4) is 5.75 Å². The van der Waals surface area contributed by atoms with Gasteiger partial charge in [-0.25, -0.2) is 0 Å². The molecule has 158 valence electrons. The molecule has 2 aliphatic heterocycles. The van der Waals surface area contributed by atoms with E-state index in [-0.39, 0.29) is 24.5 Å². The lowest BCUT2D eigenvalue weighted by Crippen LogP contribution is -2.32. The molecular formula is C24H22N2O5. The number of methoxy groups -OCH3 is 1. The average Bonchev–Trinajstić information content (AvgIpc) is 3.48. The van der Waals surface area contributed by atoms with Crippen LogP contribution >= 0.6 is 0 Å². The highest BCUT2D eigenvalue weighted by atomic mass is 16.5. The van der Waals surface area contributed by atoms with Crippen LogP contribution in [-0.4, -0.2) is 53.5 Å². The van der Waals surface area contributed by atoms with Crippen molar-refractivity contribution >= 4 is 28.4 Å². The predicted octanol–water partition coefficient (Wildman–Crippen LogP) is 3.17. The van der Waals surface area contributed by atoms with Crippen molar-refractivity contribution in [2.75, 3.05) is 26.9 Å². The van der Waals surface area contributed by atoms with Gasteiger partial charge in [-0.3, -0.25) is 9.59 Å². The summed E-state index contributed by atoms with van der Waals surface area (Å²) < 4.78 is 10.7. The summed E-state index contributed by atoms with van der Waals surface area (Å²) in [5.41, 5.74) is 3.21. The number of fused-ring (bicyclic) bond motifs is 2. The number of hydrogen-bond donors (Lipinski definition) is 2. The summed E-state index contributed by atoms with van der Waals surface area (Å²) in [5.74, 6) is -0.729. The van der Waals surface area contributed by atoms with Crippen LogP contribution in [0.4, 0.5) is 0 Å². The van der Waals surface area contributed by atoms with Crippen LogP contribution in [0.15, 0.2) is 54.2 Å².